The number of amides is 2. The first kappa shape index (κ1) is 19.7. The van der Waals surface area contributed by atoms with E-state index in [4.69, 9.17) is 21.1 Å². The number of esters is 1. The smallest absolute Gasteiger partial charge is 0.311 e. The van der Waals surface area contributed by atoms with Gasteiger partial charge in [0.2, 0.25) is 5.91 Å². The largest absolute Gasteiger partial charge is 0.496 e. The Kier molecular flexibility index (Phi) is 5.84. The van der Waals surface area contributed by atoms with Crippen LogP contribution in [0.15, 0.2) is 42.5 Å². The van der Waals surface area contributed by atoms with Crippen LogP contribution in [0, 0.1) is 0 Å². The van der Waals surface area contributed by atoms with Crippen LogP contribution in [0.5, 0.6) is 5.75 Å². The highest BCUT2D eigenvalue weighted by Gasteiger charge is 2.31. The van der Waals surface area contributed by atoms with Gasteiger partial charge in [0.15, 0.2) is 6.10 Å². The maximum absolute atomic E-state index is 12.8. The SMILES string of the molecule is COc1ccc(Cl)cc1CC(=O)O[C@@H](C)C(=O)N1CC(=O)Nc2ccccc21. The molecule has 8 heteroatoms. The summed E-state index contributed by atoms with van der Waals surface area (Å²) in [5.41, 5.74) is 1.66. The molecular formula is C20H19ClN2O5. The van der Waals surface area contributed by atoms with Crippen LogP contribution in [-0.4, -0.2) is 37.5 Å². The Morgan fingerprint density at radius 2 is 2.00 bits per heavy atom. The van der Waals surface area contributed by atoms with Crippen molar-refractivity contribution in [3.8, 4) is 5.75 Å². The Labute approximate surface area is 167 Å². The number of para-hydroxylation sites is 2. The molecule has 7 nitrogen and oxygen atoms in total. The first-order valence-electron chi connectivity index (χ1n) is 8.61. The monoisotopic (exact) mass is 402 g/mol. The third kappa shape index (κ3) is 4.26. The molecule has 146 valence electrons. The molecule has 1 heterocycles. The molecule has 3 rings (SSSR count). The molecule has 1 aliphatic rings. The van der Waals surface area contributed by atoms with E-state index in [-0.39, 0.29) is 18.9 Å². The van der Waals surface area contributed by atoms with E-state index in [0.717, 1.165) is 0 Å². The molecule has 0 unspecified atom stereocenters. The van der Waals surface area contributed by atoms with Crippen molar-refractivity contribution in [2.24, 2.45) is 0 Å². The van der Waals surface area contributed by atoms with Crippen molar-refractivity contribution in [2.75, 3.05) is 23.9 Å². The molecule has 1 atom stereocenters. The first-order chi connectivity index (χ1) is 13.4. The standard InChI is InChI=1S/C20H19ClN2O5/c1-12(28-19(25)10-13-9-14(21)7-8-17(13)27-2)20(26)23-11-18(24)22-15-5-3-4-6-16(15)23/h3-9,12H,10-11H2,1-2H3,(H,22,24)/t12-/m0/s1. The molecule has 0 saturated heterocycles. The highest BCUT2D eigenvalue weighted by molar-refractivity contribution is 6.30. The number of ether oxygens (including phenoxy) is 2. The van der Waals surface area contributed by atoms with E-state index in [1.165, 1.54) is 18.9 Å². The summed E-state index contributed by atoms with van der Waals surface area (Å²) in [7, 11) is 1.49. The van der Waals surface area contributed by atoms with Crippen LogP contribution in [0.2, 0.25) is 5.02 Å². The van der Waals surface area contributed by atoms with E-state index in [9.17, 15) is 14.4 Å². The molecule has 0 aromatic heterocycles. The number of hydrogen-bond donors (Lipinski definition) is 1. The number of anilines is 2. The summed E-state index contributed by atoms with van der Waals surface area (Å²) in [6, 6.07) is 11.9. The Morgan fingerprint density at radius 3 is 2.75 bits per heavy atom. The predicted molar refractivity (Wildman–Crippen MR) is 105 cm³/mol. The molecule has 2 aromatic carbocycles. The molecule has 0 aliphatic carbocycles. The van der Waals surface area contributed by atoms with Gasteiger partial charge >= 0.3 is 5.97 Å². The number of carbonyl (C=O) groups is 3. The Bertz CT molecular complexity index is 931. The minimum Gasteiger partial charge on any atom is -0.496 e. The summed E-state index contributed by atoms with van der Waals surface area (Å²) >= 11 is 5.97. The van der Waals surface area contributed by atoms with Crippen LogP contribution in [0.1, 0.15) is 12.5 Å². The van der Waals surface area contributed by atoms with Gasteiger partial charge in [-0.25, -0.2) is 0 Å². The second-order valence-corrected chi connectivity index (χ2v) is 6.69. The minimum absolute atomic E-state index is 0.0988. The number of methoxy groups -OCH3 is 1. The summed E-state index contributed by atoms with van der Waals surface area (Å²) in [5, 5.41) is 3.17. The van der Waals surface area contributed by atoms with E-state index in [2.05, 4.69) is 5.32 Å². The normalized spacial score (nSPS) is 14.0. The maximum atomic E-state index is 12.8. The molecule has 1 N–H and O–H groups in total. The lowest BCUT2D eigenvalue weighted by Gasteiger charge is -2.30. The lowest BCUT2D eigenvalue weighted by Crippen LogP contribution is -2.47. The third-order valence-electron chi connectivity index (χ3n) is 4.27. The fraction of sp³-hybridized carbons (Fsp3) is 0.250. The van der Waals surface area contributed by atoms with Gasteiger partial charge in [-0.2, -0.15) is 0 Å². The topological polar surface area (TPSA) is 84.9 Å². The lowest BCUT2D eigenvalue weighted by atomic mass is 10.1. The van der Waals surface area contributed by atoms with Gasteiger partial charge in [0.05, 0.1) is 24.9 Å². The van der Waals surface area contributed by atoms with Crippen molar-refractivity contribution in [3.63, 3.8) is 0 Å². The Morgan fingerprint density at radius 1 is 1.25 bits per heavy atom. The first-order valence-corrected chi connectivity index (χ1v) is 8.99. The zero-order valence-corrected chi connectivity index (χ0v) is 16.2. The number of nitrogens with zero attached hydrogens (tertiary/aromatic N) is 1. The van der Waals surface area contributed by atoms with Crippen molar-refractivity contribution in [2.45, 2.75) is 19.4 Å². The molecule has 0 radical (unpaired) electrons. The average Bonchev–Trinajstić information content (AvgIpc) is 2.66. The fourth-order valence-electron chi connectivity index (χ4n) is 2.98. The van der Waals surface area contributed by atoms with Crippen molar-refractivity contribution >= 4 is 40.8 Å². The van der Waals surface area contributed by atoms with Gasteiger partial charge in [0, 0.05) is 10.6 Å². The highest BCUT2D eigenvalue weighted by atomic mass is 35.5. The lowest BCUT2D eigenvalue weighted by molar-refractivity contribution is -0.153. The number of halogens is 1. The van der Waals surface area contributed by atoms with E-state index < -0.39 is 18.0 Å². The molecule has 28 heavy (non-hydrogen) atoms. The molecule has 0 spiro atoms. The van der Waals surface area contributed by atoms with Crippen molar-refractivity contribution in [1.82, 2.24) is 0 Å². The highest BCUT2D eigenvalue weighted by Crippen LogP contribution is 2.29. The molecule has 2 aromatic rings. The molecule has 0 fully saturated rings. The number of fused-ring (bicyclic) bond motifs is 1. The number of benzene rings is 2. The van der Waals surface area contributed by atoms with Gasteiger partial charge in [0.1, 0.15) is 12.3 Å². The zero-order chi connectivity index (χ0) is 20.3. The third-order valence-corrected chi connectivity index (χ3v) is 4.51. The summed E-state index contributed by atoms with van der Waals surface area (Å²) in [6.07, 6.45) is -1.16. The van der Waals surface area contributed by atoms with E-state index in [0.29, 0.717) is 27.7 Å². The molecule has 0 saturated carbocycles. The zero-order valence-electron chi connectivity index (χ0n) is 15.4. The van der Waals surface area contributed by atoms with Crippen LogP contribution in [-0.2, 0) is 25.5 Å². The predicted octanol–water partition coefficient (Wildman–Crippen LogP) is 2.81. The molecule has 2 amide bonds. The Hall–Kier alpha value is -3.06. The molecular weight excluding hydrogens is 384 g/mol. The van der Waals surface area contributed by atoms with Gasteiger partial charge in [0.25, 0.3) is 5.91 Å². The summed E-state index contributed by atoms with van der Waals surface area (Å²) in [5.74, 6) is -0.888. The van der Waals surface area contributed by atoms with E-state index in [1.807, 2.05) is 0 Å². The number of rotatable bonds is 5. The van der Waals surface area contributed by atoms with Crippen LogP contribution >= 0.6 is 11.6 Å². The molecule has 1 aliphatic heterocycles. The van der Waals surface area contributed by atoms with Crippen LogP contribution in [0.4, 0.5) is 11.4 Å². The molecule has 0 bridgehead atoms. The quantitative estimate of drug-likeness (QED) is 0.777. The summed E-state index contributed by atoms with van der Waals surface area (Å²) in [6.45, 7) is 1.34. The van der Waals surface area contributed by atoms with E-state index in [1.54, 1.807) is 42.5 Å². The van der Waals surface area contributed by atoms with Gasteiger partial charge in [-0.15, -0.1) is 0 Å². The van der Waals surface area contributed by atoms with Crippen LogP contribution in [0.3, 0.4) is 0 Å². The van der Waals surface area contributed by atoms with Crippen molar-refractivity contribution in [1.29, 1.82) is 0 Å². The Balaban J connectivity index is 1.70. The summed E-state index contributed by atoms with van der Waals surface area (Å²) in [4.78, 5) is 38.3. The van der Waals surface area contributed by atoms with Crippen LogP contribution < -0.4 is 15.0 Å². The van der Waals surface area contributed by atoms with Gasteiger partial charge < -0.3 is 14.8 Å². The minimum atomic E-state index is -1.06. The van der Waals surface area contributed by atoms with Crippen LogP contribution in [0.25, 0.3) is 0 Å². The van der Waals surface area contributed by atoms with Crippen molar-refractivity contribution < 1.29 is 23.9 Å². The van der Waals surface area contributed by atoms with Crippen molar-refractivity contribution in [3.05, 3.63) is 53.1 Å². The summed E-state index contributed by atoms with van der Waals surface area (Å²) < 4.78 is 10.5. The number of carbonyl (C=O) groups excluding carboxylic acids is 3. The van der Waals surface area contributed by atoms with Gasteiger partial charge in [-0.05, 0) is 37.3 Å². The number of nitrogens with one attached hydrogen (secondary N) is 1. The van der Waals surface area contributed by atoms with Gasteiger partial charge in [-0.1, -0.05) is 23.7 Å². The average molecular weight is 403 g/mol. The fourth-order valence-corrected chi connectivity index (χ4v) is 3.17. The maximum Gasteiger partial charge on any atom is 0.311 e. The van der Waals surface area contributed by atoms with Gasteiger partial charge in [-0.3, -0.25) is 19.3 Å². The second-order valence-electron chi connectivity index (χ2n) is 6.25. The van der Waals surface area contributed by atoms with E-state index >= 15 is 0 Å². The number of hydrogen-bond acceptors (Lipinski definition) is 5. The second kappa shape index (κ2) is 8.31.